The Morgan fingerprint density at radius 3 is 2.77 bits per heavy atom. The number of ether oxygens (including phenoxy) is 2. The lowest BCUT2D eigenvalue weighted by Crippen LogP contribution is -2.48. The van der Waals surface area contributed by atoms with Crippen LogP contribution in [0.1, 0.15) is 36.8 Å². The Kier molecular flexibility index (Phi) is 5.93. The number of methoxy groups -OCH3 is 1. The summed E-state index contributed by atoms with van der Waals surface area (Å²) in [6, 6.07) is 6.70. The average Bonchev–Trinajstić information content (AvgIpc) is 3.25. The molecule has 2 aromatic heterocycles. The molecule has 35 heavy (non-hydrogen) atoms. The van der Waals surface area contributed by atoms with Crippen molar-refractivity contribution in [2.45, 2.75) is 38.0 Å². The van der Waals surface area contributed by atoms with Gasteiger partial charge in [0.25, 0.3) is 0 Å². The molecule has 4 atom stereocenters. The zero-order valence-electron chi connectivity index (χ0n) is 19.4. The number of aryl methyl sites for hydroxylation is 1. The molecular formula is C24H27ClFN7O2. The van der Waals surface area contributed by atoms with Crippen LogP contribution in [-0.4, -0.2) is 57.8 Å². The van der Waals surface area contributed by atoms with Crippen molar-refractivity contribution in [3.8, 4) is 5.88 Å². The van der Waals surface area contributed by atoms with Gasteiger partial charge in [0.15, 0.2) is 5.82 Å². The number of aromatic nitrogens is 5. The first kappa shape index (κ1) is 22.5. The minimum atomic E-state index is -0.513. The first-order chi connectivity index (χ1) is 17.1. The highest BCUT2D eigenvalue weighted by Gasteiger charge is 2.43. The number of nitrogens with one attached hydrogen (secondary N) is 1. The fraction of sp³-hybridized carbons (Fsp3) is 0.500. The third-order valence-corrected chi connectivity index (χ3v) is 7.46. The molecule has 1 saturated heterocycles. The van der Waals surface area contributed by atoms with Crippen LogP contribution in [0.2, 0.25) is 5.02 Å². The van der Waals surface area contributed by atoms with Gasteiger partial charge in [0.2, 0.25) is 11.8 Å². The summed E-state index contributed by atoms with van der Waals surface area (Å²) in [5.41, 5.74) is 1.68. The number of rotatable bonds is 5. The van der Waals surface area contributed by atoms with E-state index in [0.29, 0.717) is 53.2 Å². The van der Waals surface area contributed by atoms with Crippen LogP contribution in [0, 0.1) is 17.7 Å². The summed E-state index contributed by atoms with van der Waals surface area (Å²) in [4.78, 5) is 7.19. The molecule has 1 saturated carbocycles. The Labute approximate surface area is 207 Å². The van der Waals surface area contributed by atoms with Gasteiger partial charge in [0.05, 0.1) is 19.0 Å². The normalized spacial score (nSPS) is 25.7. The highest BCUT2D eigenvalue weighted by molar-refractivity contribution is 6.30. The van der Waals surface area contributed by atoms with Gasteiger partial charge in [-0.1, -0.05) is 11.6 Å². The van der Waals surface area contributed by atoms with Crippen LogP contribution in [0.3, 0.4) is 0 Å². The van der Waals surface area contributed by atoms with Crippen LogP contribution in [0.5, 0.6) is 5.88 Å². The van der Waals surface area contributed by atoms with Crippen LogP contribution in [0.4, 0.5) is 16.0 Å². The quantitative estimate of drug-likeness (QED) is 0.568. The van der Waals surface area contributed by atoms with Gasteiger partial charge >= 0.3 is 0 Å². The predicted molar refractivity (Wildman–Crippen MR) is 128 cm³/mol. The molecule has 6 rings (SSSR count). The van der Waals surface area contributed by atoms with Gasteiger partial charge in [-0.25, -0.2) is 9.07 Å². The first-order valence-corrected chi connectivity index (χ1v) is 12.4. The molecule has 11 heteroatoms. The molecule has 0 radical (unpaired) electrons. The van der Waals surface area contributed by atoms with E-state index in [1.54, 1.807) is 19.4 Å². The zero-order chi connectivity index (χ0) is 23.9. The zero-order valence-corrected chi connectivity index (χ0v) is 20.2. The van der Waals surface area contributed by atoms with E-state index >= 15 is 0 Å². The number of halogens is 2. The predicted octanol–water partition coefficient (Wildman–Crippen LogP) is 3.71. The summed E-state index contributed by atoms with van der Waals surface area (Å²) in [7, 11) is 1.60. The number of anilines is 2. The van der Waals surface area contributed by atoms with E-state index in [4.69, 9.17) is 31.2 Å². The number of fused-ring (bicyclic) bond motifs is 3. The lowest BCUT2D eigenvalue weighted by Gasteiger charge is -2.39. The van der Waals surface area contributed by atoms with E-state index < -0.39 is 11.9 Å². The average molecular weight is 500 g/mol. The van der Waals surface area contributed by atoms with Crippen molar-refractivity contribution < 1.29 is 13.9 Å². The molecule has 1 aromatic carbocycles. The van der Waals surface area contributed by atoms with Gasteiger partial charge in [-0.2, -0.15) is 10.1 Å². The van der Waals surface area contributed by atoms with Crippen LogP contribution in [-0.2, 0) is 11.3 Å². The second-order valence-corrected chi connectivity index (χ2v) is 9.89. The number of nitrogens with zero attached hydrogens (tertiary/aromatic N) is 6. The molecular weight excluding hydrogens is 473 g/mol. The van der Waals surface area contributed by atoms with Crippen LogP contribution in [0.25, 0.3) is 0 Å². The van der Waals surface area contributed by atoms with E-state index in [-0.39, 0.29) is 6.04 Å². The minimum absolute atomic E-state index is 0.289. The van der Waals surface area contributed by atoms with Crippen LogP contribution >= 0.6 is 11.6 Å². The fourth-order valence-electron chi connectivity index (χ4n) is 5.66. The molecule has 184 valence electrons. The Morgan fingerprint density at radius 1 is 1.17 bits per heavy atom. The molecule has 0 amide bonds. The maximum atomic E-state index is 14.1. The lowest BCUT2D eigenvalue weighted by atomic mass is 9.92. The third-order valence-electron chi connectivity index (χ3n) is 7.24. The van der Waals surface area contributed by atoms with Crippen molar-refractivity contribution in [1.82, 2.24) is 25.0 Å². The molecule has 1 aliphatic carbocycles. The van der Waals surface area contributed by atoms with Crippen molar-refractivity contribution in [2.24, 2.45) is 11.8 Å². The number of piperidine rings is 1. The van der Waals surface area contributed by atoms with E-state index in [1.165, 1.54) is 12.1 Å². The molecule has 3 aliphatic rings. The number of hydrogen-bond donors (Lipinski definition) is 1. The second kappa shape index (κ2) is 9.23. The molecule has 4 heterocycles. The third kappa shape index (κ3) is 4.40. The van der Waals surface area contributed by atoms with Gasteiger partial charge in [0, 0.05) is 43.4 Å². The Bertz CT molecular complexity index is 1190. The Balaban J connectivity index is 1.21. The van der Waals surface area contributed by atoms with Gasteiger partial charge in [-0.05, 0) is 54.9 Å². The topological polar surface area (TPSA) is 90.2 Å². The summed E-state index contributed by atoms with van der Waals surface area (Å²) in [5.74, 6) is 2.33. The SMILES string of the molecule is COc1cc(N2C[C@H]3CC[C@@H](C2)[C@@H]3Nc2nc3n(n2)CCCO[C@@H]3c2cc(F)cc(Cl)c2)cnn1. The fourth-order valence-corrected chi connectivity index (χ4v) is 5.89. The van der Waals surface area contributed by atoms with Gasteiger partial charge in [-0.3, -0.25) is 0 Å². The molecule has 0 spiro atoms. The largest absolute Gasteiger partial charge is 0.480 e. The van der Waals surface area contributed by atoms with Crippen molar-refractivity contribution in [1.29, 1.82) is 0 Å². The Hall–Kier alpha value is -2.98. The molecule has 2 fully saturated rings. The number of hydrogen-bond acceptors (Lipinski definition) is 8. The summed E-state index contributed by atoms with van der Waals surface area (Å²) >= 11 is 6.11. The monoisotopic (exact) mass is 499 g/mol. The molecule has 9 nitrogen and oxygen atoms in total. The maximum absolute atomic E-state index is 14.1. The molecule has 0 unspecified atom stereocenters. The molecule has 2 bridgehead atoms. The summed E-state index contributed by atoms with van der Waals surface area (Å²) in [6.45, 7) is 3.09. The number of benzene rings is 1. The maximum Gasteiger partial charge on any atom is 0.242 e. The molecule has 3 aromatic rings. The Morgan fingerprint density at radius 2 is 2.00 bits per heavy atom. The second-order valence-electron chi connectivity index (χ2n) is 9.45. The van der Waals surface area contributed by atoms with E-state index in [0.717, 1.165) is 38.0 Å². The smallest absolute Gasteiger partial charge is 0.242 e. The summed E-state index contributed by atoms with van der Waals surface area (Å²) in [5, 5.41) is 16.8. The standard InChI is InChI=1S/C24H27ClFN7O2/c1-34-20-10-19(11-27-30-20)32-12-14-3-4-15(13-32)21(14)28-24-29-23-22(35-6-2-5-33(23)31-24)16-7-17(25)9-18(26)8-16/h7-11,14-15,21-22H,2-6,12-13H2,1H3,(H,28,31)/t14-,15+,21-,22-/m1/s1. The summed E-state index contributed by atoms with van der Waals surface area (Å²) in [6.07, 6.45) is 4.39. The van der Waals surface area contributed by atoms with Crippen LogP contribution < -0.4 is 15.0 Å². The van der Waals surface area contributed by atoms with Gasteiger partial charge in [-0.15, -0.1) is 10.2 Å². The molecule has 2 aliphatic heterocycles. The lowest BCUT2D eigenvalue weighted by molar-refractivity contribution is 0.0810. The van der Waals surface area contributed by atoms with Gasteiger partial charge in [0.1, 0.15) is 11.9 Å². The summed E-state index contributed by atoms with van der Waals surface area (Å²) < 4.78 is 27.2. The van der Waals surface area contributed by atoms with Crippen LogP contribution in [0.15, 0.2) is 30.5 Å². The highest BCUT2D eigenvalue weighted by Crippen LogP contribution is 2.40. The van der Waals surface area contributed by atoms with Crippen molar-refractivity contribution >= 4 is 23.2 Å². The van der Waals surface area contributed by atoms with Crippen molar-refractivity contribution in [3.63, 3.8) is 0 Å². The van der Waals surface area contributed by atoms with E-state index in [9.17, 15) is 4.39 Å². The minimum Gasteiger partial charge on any atom is -0.480 e. The van der Waals surface area contributed by atoms with E-state index in [1.807, 2.05) is 10.7 Å². The first-order valence-electron chi connectivity index (χ1n) is 12.0. The van der Waals surface area contributed by atoms with E-state index in [2.05, 4.69) is 20.4 Å². The van der Waals surface area contributed by atoms with Crippen molar-refractivity contribution in [2.75, 3.05) is 37.0 Å². The highest BCUT2D eigenvalue weighted by atomic mass is 35.5. The van der Waals surface area contributed by atoms with Crippen molar-refractivity contribution in [3.05, 3.63) is 52.7 Å². The van der Waals surface area contributed by atoms with Gasteiger partial charge < -0.3 is 19.7 Å². The molecule has 1 N–H and O–H groups in total.